The molecule has 3 heteroatoms. The lowest BCUT2D eigenvalue weighted by Gasteiger charge is -1.87. The normalized spacial score (nSPS) is 9.08. The van der Waals surface area contributed by atoms with Crippen molar-refractivity contribution in [3.8, 4) is 0 Å². The molecule has 0 fully saturated rings. The van der Waals surface area contributed by atoms with Crippen LogP contribution >= 0.6 is 12.6 Å². The Morgan fingerprint density at radius 2 is 2.00 bits per heavy atom. The van der Waals surface area contributed by atoms with E-state index in [1.165, 1.54) is 6.21 Å². The van der Waals surface area contributed by atoms with Gasteiger partial charge in [-0.2, -0.15) is 12.6 Å². The summed E-state index contributed by atoms with van der Waals surface area (Å²) in [6, 6.07) is 7.96. The van der Waals surface area contributed by atoms with Gasteiger partial charge >= 0.3 is 0 Å². The molecule has 2 aromatic rings. The molecule has 0 bridgehead atoms. The number of rotatable bonds is 1. The van der Waals surface area contributed by atoms with Crippen LogP contribution in [-0.4, -0.2) is 17.5 Å². The summed E-state index contributed by atoms with van der Waals surface area (Å²) in [5.74, 6) is 0. The van der Waals surface area contributed by atoms with E-state index >= 15 is 0 Å². The SMILES string of the molecule is CS.N=Cc1c[nH]c2ccccc12. The summed E-state index contributed by atoms with van der Waals surface area (Å²) in [5.41, 5.74) is 2.03. The van der Waals surface area contributed by atoms with Crippen molar-refractivity contribution in [1.82, 2.24) is 4.98 Å². The number of hydrogen-bond donors (Lipinski definition) is 3. The first-order chi connectivity index (χ1) is 6.42. The van der Waals surface area contributed by atoms with Crippen molar-refractivity contribution in [2.24, 2.45) is 0 Å². The maximum atomic E-state index is 7.10. The van der Waals surface area contributed by atoms with Crippen molar-refractivity contribution >= 4 is 29.7 Å². The Kier molecular flexibility index (Phi) is 3.58. The maximum Gasteiger partial charge on any atom is 0.0460 e. The minimum Gasteiger partial charge on any atom is -0.361 e. The Bertz CT molecular complexity index is 392. The molecule has 2 N–H and O–H groups in total. The van der Waals surface area contributed by atoms with Crippen LogP contribution in [-0.2, 0) is 0 Å². The fourth-order valence-corrected chi connectivity index (χ4v) is 1.21. The van der Waals surface area contributed by atoms with Gasteiger partial charge in [0.15, 0.2) is 0 Å². The third-order valence-electron chi connectivity index (χ3n) is 1.78. The average Bonchev–Trinajstić information content (AvgIpc) is 2.64. The van der Waals surface area contributed by atoms with E-state index in [0.717, 1.165) is 16.5 Å². The first kappa shape index (κ1) is 9.86. The van der Waals surface area contributed by atoms with Crippen LogP contribution in [0, 0.1) is 5.41 Å². The largest absolute Gasteiger partial charge is 0.361 e. The molecule has 0 saturated carbocycles. The topological polar surface area (TPSA) is 39.6 Å². The van der Waals surface area contributed by atoms with Crippen molar-refractivity contribution in [3.63, 3.8) is 0 Å². The zero-order valence-electron chi connectivity index (χ0n) is 7.41. The van der Waals surface area contributed by atoms with Gasteiger partial charge in [-0.25, -0.2) is 0 Å². The van der Waals surface area contributed by atoms with Crippen molar-refractivity contribution in [3.05, 3.63) is 36.0 Å². The number of aromatic nitrogens is 1. The van der Waals surface area contributed by atoms with Crippen molar-refractivity contribution < 1.29 is 0 Å². The van der Waals surface area contributed by atoms with E-state index in [-0.39, 0.29) is 0 Å². The van der Waals surface area contributed by atoms with Gasteiger partial charge in [-0.3, -0.25) is 0 Å². The van der Waals surface area contributed by atoms with Crippen LogP contribution in [0.4, 0.5) is 0 Å². The molecular weight excluding hydrogens is 180 g/mol. The zero-order valence-corrected chi connectivity index (χ0v) is 8.31. The highest BCUT2D eigenvalue weighted by Crippen LogP contribution is 2.14. The number of nitrogens with one attached hydrogen (secondary N) is 2. The van der Waals surface area contributed by atoms with Gasteiger partial charge in [-0.15, -0.1) is 0 Å². The summed E-state index contributed by atoms with van der Waals surface area (Å²) in [5, 5.41) is 8.21. The van der Waals surface area contributed by atoms with Gasteiger partial charge in [-0.1, -0.05) is 18.2 Å². The Balaban J connectivity index is 0.000000396. The second-order valence-corrected chi connectivity index (χ2v) is 2.43. The molecule has 0 unspecified atom stereocenters. The number of hydrogen-bond acceptors (Lipinski definition) is 2. The Morgan fingerprint density at radius 1 is 1.31 bits per heavy atom. The monoisotopic (exact) mass is 192 g/mol. The summed E-state index contributed by atoms with van der Waals surface area (Å²) in [6.07, 6.45) is 4.90. The molecule has 0 radical (unpaired) electrons. The van der Waals surface area contributed by atoms with E-state index in [1.807, 2.05) is 30.5 Å². The lowest BCUT2D eigenvalue weighted by atomic mass is 10.2. The highest BCUT2D eigenvalue weighted by Gasteiger charge is 1.97. The smallest absolute Gasteiger partial charge is 0.0460 e. The summed E-state index contributed by atoms with van der Waals surface area (Å²) in [7, 11) is 0. The molecule has 0 atom stereocenters. The van der Waals surface area contributed by atoms with Gasteiger partial charge in [-0.05, 0) is 12.3 Å². The van der Waals surface area contributed by atoms with Crippen molar-refractivity contribution in [2.75, 3.05) is 6.26 Å². The van der Waals surface area contributed by atoms with Crippen LogP contribution in [0.1, 0.15) is 5.56 Å². The van der Waals surface area contributed by atoms with E-state index in [9.17, 15) is 0 Å². The molecule has 0 amide bonds. The zero-order chi connectivity index (χ0) is 9.68. The Morgan fingerprint density at radius 3 is 2.69 bits per heavy atom. The molecule has 68 valence electrons. The quantitative estimate of drug-likeness (QED) is 0.459. The molecule has 0 aliphatic carbocycles. The fourth-order valence-electron chi connectivity index (χ4n) is 1.21. The summed E-state index contributed by atoms with van der Waals surface area (Å²) < 4.78 is 0. The Hall–Kier alpha value is -1.22. The van der Waals surface area contributed by atoms with Crippen LogP contribution in [0.15, 0.2) is 30.5 Å². The number of aromatic amines is 1. The summed E-state index contributed by atoms with van der Waals surface area (Å²) in [4.78, 5) is 3.09. The van der Waals surface area contributed by atoms with Crippen LogP contribution in [0.2, 0.25) is 0 Å². The van der Waals surface area contributed by atoms with Gasteiger partial charge in [0.05, 0.1) is 0 Å². The molecule has 1 aromatic heterocycles. The second kappa shape index (κ2) is 4.72. The van der Waals surface area contributed by atoms with E-state index in [4.69, 9.17) is 5.41 Å². The van der Waals surface area contributed by atoms with Gasteiger partial charge < -0.3 is 10.4 Å². The first-order valence-electron chi connectivity index (χ1n) is 3.93. The minimum absolute atomic E-state index is 0.945. The Labute approximate surface area is 82.9 Å². The number of benzene rings is 1. The molecule has 0 aliphatic rings. The van der Waals surface area contributed by atoms with Crippen molar-refractivity contribution in [1.29, 1.82) is 5.41 Å². The molecule has 1 aromatic carbocycles. The number of fused-ring (bicyclic) bond motifs is 1. The van der Waals surface area contributed by atoms with E-state index in [0.29, 0.717) is 0 Å². The summed E-state index contributed by atoms with van der Waals surface area (Å²) in [6.45, 7) is 0. The van der Waals surface area contributed by atoms with Crippen LogP contribution in [0.25, 0.3) is 10.9 Å². The van der Waals surface area contributed by atoms with Crippen LogP contribution in [0.3, 0.4) is 0 Å². The molecular formula is C10H12N2S. The summed E-state index contributed by atoms with van der Waals surface area (Å²) >= 11 is 3.53. The van der Waals surface area contributed by atoms with Crippen LogP contribution in [0.5, 0.6) is 0 Å². The molecule has 0 spiro atoms. The van der Waals surface area contributed by atoms with Gasteiger partial charge in [0, 0.05) is 28.9 Å². The van der Waals surface area contributed by atoms with Crippen molar-refractivity contribution in [2.45, 2.75) is 0 Å². The second-order valence-electron chi connectivity index (χ2n) is 2.43. The van der Waals surface area contributed by atoms with Gasteiger partial charge in [0.2, 0.25) is 0 Å². The highest BCUT2D eigenvalue weighted by molar-refractivity contribution is 7.79. The standard InChI is InChI=1S/C9H8N2.CH4S/c10-5-7-6-11-9-4-2-1-3-8(7)9;1-2/h1-6,10-11H;2H,1H3. The lowest BCUT2D eigenvalue weighted by Crippen LogP contribution is -1.72. The minimum atomic E-state index is 0.945. The average molecular weight is 192 g/mol. The third kappa shape index (κ3) is 1.92. The number of thiol groups is 1. The predicted octanol–water partition coefficient (Wildman–Crippen LogP) is 2.71. The maximum absolute atomic E-state index is 7.10. The van der Waals surface area contributed by atoms with Crippen LogP contribution < -0.4 is 0 Å². The predicted molar refractivity (Wildman–Crippen MR) is 61.1 cm³/mol. The van der Waals surface area contributed by atoms with Gasteiger partial charge in [0.25, 0.3) is 0 Å². The molecule has 13 heavy (non-hydrogen) atoms. The molecule has 1 heterocycles. The molecule has 0 aliphatic heterocycles. The van der Waals surface area contributed by atoms with E-state index < -0.39 is 0 Å². The van der Waals surface area contributed by atoms with E-state index in [1.54, 1.807) is 6.26 Å². The molecule has 0 saturated heterocycles. The first-order valence-corrected chi connectivity index (χ1v) is 4.82. The van der Waals surface area contributed by atoms with Gasteiger partial charge in [0.1, 0.15) is 0 Å². The number of para-hydroxylation sites is 1. The fraction of sp³-hybridized carbons (Fsp3) is 0.100. The lowest BCUT2D eigenvalue weighted by molar-refractivity contribution is 1.46. The third-order valence-corrected chi connectivity index (χ3v) is 1.78. The molecule has 2 rings (SSSR count). The molecule has 2 nitrogen and oxygen atoms in total. The van der Waals surface area contributed by atoms with E-state index in [2.05, 4.69) is 17.6 Å². The highest BCUT2D eigenvalue weighted by atomic mass is 32.1. The number of H-pyrrole nitrogens is 1.